The van der Waals surface area contributed by atoms with Gasteiger partial charge in [0.25, 0.3) is 0 Å². The van der Waals surface area contributed by atoms with Gasteiger partial charge in [0.1, 0.15) is 36.3 Å². The molecule has 6 atom stereocenters. The first-order chi connectivity index (χ1) is 42.7. The minimum atomic E-state index is -1.55. The number of carboxylic acid groups (broad SMARTS) is 1. The van der Waals surface area contributed by atoms with E-state index in [4.69, 9.17) is 22.9 Å². The maximum Gasteiger partial charge on any atom is 0.326 e. The number of amides is 8. The Labute approximate surface area is 535 Å². The monoisotopic (exact) mass is 1270 g/mol. The van der Waals surface area contributed by atoms with Crippen molar-refractivity contribution in [3.63, 3.8) is 0 Å². The van der Waals surface area contributed by atoms with Gasteiger partial charge in [0.15, 0.2) is 0 Å². The van der Waals surface area contributed by atoms with Crippen molar-refractivity contribution in [1.82, 2.24) is 42.5 Å². The molecule has 0 rings (SSSR count). The molecular formula is C65H128N12O10S. The molecule has 0 saturated heterocycles. The molecule has 0 unspecified atom stereocenters. The van der Waals surface area contributed by atoms with Crippen molar-refractivity contribution in [1.29, 1.82) is 0 Å². The van der Waals surface area contributed by atoms with Crippen molar-refractivity contribution in [2.75, 3.05) is 57.4 Å². The highest BCUT2D eigenvalue weighted by atomic mass is 32.2. The quantitative estimate of drug-likeness (QED) is 0.0262. The van der Waals surface area contributed by atoms with E-state index in [1.54, 1.807) is 0 Å². The van der Waals surface area contributed by atoms with Gasteiger partial charge in [-0.25, -0.2) is 9.59 Å². The maximum absolute atomic E-state index is 14.2. The summed E-state index contributed by atoms with van der Waals surface area (Å²) < 4.78 is 0. The normalized spacial score (nSPS) is 13.3. The molecule has 18 N–H and O–H groups in total. The van der Waals surface area contributed by atoms with Crippen LogP contribution in [0.1, 0.15) is 271 Å². The lowest BCUT2D eigenvalue weighted by atomic mass is 10.0. The Balaban J connectivity index is 5.91. The topological polar surface area (TPSA) is 377 Å². The first kappa shape index (κ1) is 83.7. The predicted octanol–water partition coefficient (Wildman–Crippen LogP) is 7.48. The fourth-order valence-corrected chi connectivity index (χ4v) is 11.2. The van der Waals surface area contributed by atoms with Crippen LogP contribution in [-0.2, 0) is 33.6 Å². The summed E-state index contributed by atoms with van der Waals surface area (Å²) in [6, 6.07) is -7.80. The number of unbranched alkanes of at least 4 members (excludes halogenated alkanes) is 29. The van der Waals surface area contributed by atoms with Crippen molar-refractivity contribution in [2.45, 2.75) is 307 Å². The van der Waals surface area contributed by atoms with Crippen LogP contribution in [-0.4, -0.2) is 151 Å². The number of aliphatic hydroxyl groups excluding tert-OH is 1. The van der Waals surface area contributed by atoms with E-state index in [2.05, 4.69) is 56.4 Å². The van der Waals surface area contributed by atoms with Crippen LogP contribution in [0, 0.1) is 0 Å². The van der Waals surface area contributed by atoms with Crippen LogP contribution in [0.4, 0.5) is 4.79 Å². The Morgan fingerprint density at radius 2 is 0.659 bits per heavy atom. The van der Waals surface area contributed by atoms with Crippen LogP contribution < -0.4 is 65.5 Å². The van der Waals surface area contributed by atoms with Crippen LogP contribution in [0.15, 0.2) is 0 Å². The van der Waals surface area contributed by atoms with Crippen molar-refractivity contribution in [3.8, 4) is 0 Å². The van der Waals surface area contributed by atoms with Gasteiger partial charge in [-0.2, -0.15) is 11.8 Å². The first-order valence-corrected chi connectivity index (χ1v) is 35.9. The number of nitrogens with one attached hydrogen (secondary N) is 8. The average Bonchev–Trinajstić information content (AvgIpc) is 3.68. The van der Waals surface area contributed by atoms with Gasteiger partial charge < -0.3 is 75.7 Å². The van der Waals surface area contributed by atoms with Crippen LogP contribution >= 0.6 is 11.8 Å². The van der Waals surface area contributed by atoms with E-state index in [9.17, 15) is 48.6 Å². The molecule has 0 saturated carbocycles. The lowest BCUT2D eigenvalue weighted by Crippen LogP contribution is -2.60. The third-order valence-corrected chi connectivity index (χ3v) is 17.0. The number of aliphatic hydroxyl groups is 1. The zero-order valence-corrected chi connectivity index (χ0v) is 55.8. The molecule has 23 heteroatoms. The fraction of sp³-hybridized carbons (Fsp3) is 0.877. The average molecular weight is 1270 g/mol. The third kappa shape index (κ3) is 47.6. The van der Waals surface area contributed by atoms with Crippen LogP contribution in [0.2, 0.25) is 0 Å². The predicted molar refractivity (Wildman–Crippen MR) is 357 cm³/mol. The van der Waals surface area contributed by atoms with Gasteiger partial charge in [-0.1, -0.05) is 174 Å². The summed E-state index contributed by atoms with van der Waals surface area (Å²) in [5.41, 5.74) is 22.9. The number of aliphatic carboxylic acids is 1. The van der Waals surface area contributed by atoms with Crippen LogP contribution in [0.25, 0.3) is 0 Å². The van der Waals surface area contributed by atoms with E-state index in [-0.39, 0.29) is 49.8 Å². The van der Waals surface area contributed by atoms with E-state index >= 15 is 0 Å². The number of hydrogen-bond acceptors (Lipinski definition) is 14. The molecule has 514 valence electrons. The van der Waals surface area contributed by atoms with Gasteiger partial charge in [0.2, 0.25) is 35.4 Å². The molecule has 0 aliphatic heterocycles. The molecule has 0 radical (unpaired) electrons. The van der Waals surface area contributed by atoms with Crippen molar-refractivity contribution in [3.05, 3.63) is 0 Å². The lowest BCUT2D eigenvalue weighted by Gasteiger charge is -2.27. The van der Waals surface area contributed by atoms with Gasteiger partial charge in [-0.3, -0.25) is 28.8 Å². The second-order valence-corrected chi connectivity index (χ2v) is 25.1. The Kier molecular flexibility index (Phi) is 57.3. The SMILES string of the molecule is CCCCCCCCCCCCCCCCNC(=O)NCCSC[C@H](NC(=O)CCCCCCCCCCCCCCC)C(=O)N[C@H](CO)C(=O)N[C@@H](CCCCN)C(=O)N[C@@H](CCCCN)C(=O)N[C@@H](CCCCN)C(=O)N[C@@H](CCCCN)C(=O)O. The zero-order valence-electron chi connectivity index (χ0n) is 55.0. The molecule has 0 heterocycles. The largest absolute Gasteiger partial charge is 0.480 e. The zero-order chi connectivity index (χ0) is 65.1. The second kappa shape index (κ2) is 60.3. The highest BCUT2D eigenvalue weighted by molar-refractivity contribution is 7.99. The Morgan fingerprint density at radius 1 is 0.352 bits per heavy atom. The Hall–Kier alpha value is -4.29. The molecule has 0 spiro atoms. The lowest BCUT2D eigenvalue weighted by molar-refractivity contribution is -0.142. The van der Waals surface area contributed by atoms with E-state index in [1.165, 1.54) is 134 Å². The molecule has 0 aliphatic carbocycles. The van der Waals surface area contributed by atoms with E-state index in [1.807, 2.05) is 0 Å². The van der Waals surface area contributed by atoms with Crippen molar-refractivity contribution >= 4 is 59.2 Å². The molecular weight excluding hydrogens is 1140 g/mol. The molecule has 0 aromatic carbocycles. The van der Waals surface area contributed by atoms with Crippen molar-refractivity contribution < 1.29 is 48.6 Å². The summed E-state index contributed by atoms with van der Waals surface area (Å²) in [6.45, 7) is 5.77. The molecule has 0 fully saturated rings. The highest BCUT2D eigenvalue weighted by Gasteiger charge is 2.33. The minimum absolute atomic E-state index is 0.0723. The minimum Gasteiger partial charge on any atom is -0.480 e. The van der Waals surface area contributed by atoms with Gasteiger partial charge in [0.05, 0.1) is 6.61 Å². The summed E-state index contributed by atoms with van der Waals surface area (Å²) >= 11 is 1.33. The number of nitrogens with two attached hydrogens (primary N) is 4. The Bertz CT molecular complexity index is 1790. The molecule has 0 aromatic rings. The molecule has 0 aromatic heterocycles. The van der Waals surface area contributed by atoms with Gasteiger partial charge in [-0.15, -0.1) is 0 Å². The summed E-state index contributed by atoms with van der Waals surface area (Å²) in [5, 5.41) is 42.3. The third-order valence-electron chi connectivity index (χ3n) is 15.9. The van der Waals surface area contributed by atoms with Gasteiger partial charge in [0, 0.05) is 31.0 Å². The van der Waals surface area contributed by atoms with E-state index < -0.39 is 78.4 Å². The molecule has 88 heavy (non-hydrogen) atoms. The number of carbonyl (C=O) groups excluding carboxylic acids is 7. The molecule has 8 amide bonds. The number of thioether (sulfide) groups is 1. The second-order valence-electron chi connectivity index (χ2n) is 23.9. The smallest absolute Gasteiger partial charge is 0.326 e. The van der Waals surface area contributed by atoms with Crippen molar-refractivity contribution in [2.24, 2.45) is 22.9 Å². The van der Waals surface area contributed by atoms with Crippen LogP contribution in [0.3, 0.4) is 0 Å². The standard InChI is InChI=1S/C65H128N12O10S/c1-3-5-7-9-11-13-15-17-19-21-23-25-27-37-47-70-65(87)71-48-49-88-51-57(72-58(79)42-28-26-24-22-20-18-16-14-12-10-8-6-4-2)63(84)77-56(50-78)62(83)75-53(39-30-34-44-67)60(81)73-52(38-29-33-43-66)59(80)74-54(40-31-35-45-68)61(82)76-55(64(85)86)41-32-36-46-69/h52-57,78H,3-51,66-69H2,1-2H3,(H,72,79)(H,73,81)(H,74,80)(H,75,83)(H,76,82)(H,77,84)(H,85,86)(H2,70,71,87)/t52-,53-,54-,55-,56+,57-/m0/s1. The number of rotatable bonds is 63. The summed E-state index contributed by atoms with van der Waals surface area (Å²) in [4.78, 5) is 108. The maximum atomic E-state index is 14.2. The van der Waals surface area contributed by atoms with Crippen LogP contribution in [0.5, 0.6) is 0 Å². The fourth-order valence-electron chi connectivity index (χ4n) is 10.4. The van der Waals surface area contributed by atoms with Gasteiger partial charge >= 0.3 is 12.0 Å². The number of carboxylic acids is 1. The van der Waals surface area contributed by atoms with E-state index in [0.717, 1.165) is 44.9 Å². The molecule has 22 nitrogen and oxygen atoms in total. The number of carbonyl (C=O) groups is 8. The summed E-state index contributed by atoms with van der Waals surface area (Å²) in [6.07, 6.45) is 37.0. The summed E-state index contributed by atoms with van der Waals surface area (Å²) in [7, 11) is 0. The highest BCUT2D eigenvalue weighted by Crippen LogP contribution is 2.16. The van der Waals surface area contributed by atoms with Gasteiger partial charge in [-0.05, 0) is 116 Å². The number of hydrogen-bond donors (Lipinski definition) is 14. The molecule has 0 bridgehead atoms. The number of urea groups is 1. The molecule has 0 aliphatic rings. The Morgan fingerprint density at radius 3 is 1.02 bits per heavy atom. The first-order valence-electron chi connectivity index (χ1n) is 34.8. The summed E-state index contributed by atoms with van der Waals surface area (Å²) in [5.74, 6) is -4.83. The van der Waals surface area contributed by atoms with E-state index in [0.29, 0.717) is 103 Å².